The van der Waals surface area contributed by atoms with E-state index in [0.29, 0.717) is 19.1 Å². The number of benzene rings is 1. The molecule has 1 aromatic rings. The molecule has 1 fully saturated rings. The summed E-state index contributed by atoms with van der Waals surface area (Å²) in [6, 6.07) is 6.09. The molecule has 0 unspecified atom stereocenters. The second-order valence-corrected chi connectivity index (χ2v) is 4.23. The molecule has 0 saturated carbocycles. The Morgan fingerprint density at radius 3 is 2.50 bits per heavy atom. The van der Waals surface area contributed by atoms with Crippen molar-refractivity contribution in [1.82, 2.24) is 0 Å². The van der Waals surface area contributed by atoms with Crippen LogP contribution in [0.15, 0.2) is 18.2 Å². The van der Waals surface area contributed by atoms with Gasteiger partial charge in [0.1, 0.15) is 5.75 Å². The molecule has 0 amide bonds. The van der Waals surface area contributed by atoms with Crippen molar-refractivity contribution in [3.05, 3.63) is 29.3 Å². The van der Waals surface area contributed by atoms with Crippen molar-refractivity contribution in [3.63, 3.8) is 0 Å². The highest BCUT2D eigenvalue weighted by Gasteiger charge is 2.20. The molecule has 1 aliphatic rings. The van der Waals surface area contributed by atoms with E-state index in [-0.39, 0.29) is 6.29 Å². The van der Waals surface area contributed by atoms with Crippen LogP contribution in [-0.4, -0.2) is 20.3 Å². The van der Waals surface area contributed by atoms with Gasteiger partial charge in [-0.1, -0.05) is 19.9 Å². The molecule has 16 heavy (non-hydrogen) atoms. The summed E-state index contributed by atoms with van der Waals surface area (Å²) >= 11 is 0. The van der Waals surface area contributed by atoms with Gasteiger partial charge in [-0.15, -0.1) is 0 Å². The Kier molecular flexibility index (Phi) is 3.46. The van der Waals surface area contributed by atoms with E-state index < -0.39 is 0 Å². The molecule has 1 aromatic carbocycles. The Morgan fingerprint density at radius 1 is 1.25 bits per heavy atom. The van der Waals surface area contributed by atoms with Gasteiger partial charge in [0.2, 0.25) is 0 Å². The van der Waals surface area contributed by atoms with E-state index in [9.17, 15) is 0 Å². The van der Waals surface area contributed by atoms with E-state index in [4.69, 9.17) is 14.2 Å². The normalized spacial score (nSPS) is 17.0. The highest BCUT2D eigenvalue weighted by Crippen LogP contribution is 2.31. The third-order valence-electron chi connectivity index (χ3n) is 2.77. The average Bonchev–Trinajstić information content (AvgIpc) is 2.81. The van der Waals surface area contributed by atoms with Crippen LogP contribution in [0.3, 0.4) is 0 Å². The van der Waals surface area contributed by atoms with Crippen LogP contribution in [0.2, 0.25) is 0 Å². The molecule has 2 rings (SSSR count). The lowest BCUT2D eigenvalue weighted by molar-refractivity contribution is -0.0441. The largest absolute Gasteiger partial charge is 0.496 e. The van der Waals surface area contributed by atoms with Crippen molar-refractivity contribution in [1.29, 1.82) is 0 Å². The first-order valence-electron chi connectivity index (χ1n) is 5.63. The molecule has 0 atom stereocenters. The van der Waals surface area contributed by atoms with Crippen LogP contribution in [-0.2, 0) is 9.47 Å². The summed E-state index contributed by atoms with van der Waals surface area (Å²) < 4.78 is 16.3. The van der Waals surface area contributed by atoms with E-state index in [1.165, 1.54) is 5.56 Å². The SMILES string of the molecule is COc1ccc(C2OCCO2)cc1C(C)C. The monoisotopic (exact) mass is 222 g/mol. The van der Waals surface area contributed by atoms with Gasteiger partial charge >= 0.3 is 0 Å². The van der Waals surface area contributed by atoms with E-state index in [1.54, 1.807) is 7.11 Å². The Bertz CT molecular complexity index is 354. The quantitative estimate of drug-likeness (QED) is 0.787. The summed E-state index contributed by atoms with van der Waals surface area (Å²) in [4.78, 5) is 0. The van der Waals surface area contributed by atoms with E-state index >= 15 is 0 Å². The van der Waals surface area contributed by atoms with Crippen LogP contribution < -0.4 is 4.74 Å². The van der Waals surface area contributed by atoms with Gasteiger partial charge in [0.15, 0.2) is 6.29 Å². The highest BCUT2D eigenvalue weighted by molar-refractivity contribution is 5.39. The van der Waals surface area contributed by atoms with Crippen LogP contribution >= 0.6 is 0 Å². The Labute approximate surface area is 96.3 Å². The maximum Gasteiger partial charge on any atom is 0.184 e. The summed E-state index contributed by atoms with van der Waals surface area (Å²) in [6.45, 7) is 5.65. The van der Waals surface area contributed by atoms with Crippen molar-refractivity contribution < 1.29 is 14.2 Å². The molecule has 1 heterocycles. The number of hydrogen-bond acceptors (Lipinski definition) is 3. The predicted octanol–water partition coefficient (Wildman–Crippen LogP) is 2.86. The van der Waals surface area contributed by atoms with Crippen LogP contribution in [0.5, 0.6) is 5.75 Å². The zero-order valence-electron chi connectivity index (χ0n) is 10.0. The first kappa shape index (κ1) is 11.4. The average molecular weight is 222 g/mol. The summed E-state index contributed by atoms with van der Waals surface area (Å²) in [5.41, 5.74) is 2.26. The fourth-order valence-electron chi connectivity index (χ4n) is 1.90. The Balaban J connectivity index is 2.30. The first-order valence-corrected chi connectivity index (χ1v) is 5.63. The fourth-order valence-corrected chi connectivity index (χ4v) is 1.90. The summed E-state index contributed by atoms with van der Waals surface area (Å²) in [5.74, 6) is 1.35. The summed E-state index contributed by atoms with van der Waals surface area (Å²) in [6.07, 6.45) is -0.205. The first-order chi connectivity index (χ1) is 7.72. The third kappa shape index (κ3) is 2.20. The minimum Gasteiger partial charge on any atom is -0.496 e. The minimum atomic E-state index is -0.205. The number of methoxy groups -OCH3 is 1. The second kappa shape index (κ2) is 4.85. The lowest BCUT2D eigenvalue weighted by atomic mass is 9.99. The van der Waals surface area contributed by atoms with Gasteiger partial charge in [-0.25, -0.2) is 0 Å². The molecule has 3 nitrogen and oxygen atoms in total. The van der Waals surface area contributed by atoms with Crippen LogP contribution in [0.25, 0.3) is 0 Å². The molecule has 0 bridgehead atoms. The molecule has 0 aliphatic carbocycles. The molecular formula is C13H18O3. The molecule has 0 radical (unpaired) electrons. The smallest absolute Gasteiger partial charge is 0.184 e. The molecule has 0 N–H and O–H groups in total. The van der Waals surface area contributed by atoms with Gasteiger partial charge in [0.05, 0.1) is 20.3 Å². The minimum absolute atomic E-state index is 0.205. The molecule has 88 valence electrons. The van der Waals surface area contributed by atoms with Crippen molar-refractivity contribution in [2.24, 2.45) is 0 Å². The molecule has 0 spiro atoms. The third-order valence-corrected chi connectivity index (χ3v) is 2.77. The van der Waals surface area contributed by atoms with Gasteiger partial charge in [0, 0.05) is 5.56 Å². The zero-order chi connectivity index (χ0) is 11.5. The Morgan fingerprint density at radius 2 is 1.94 bits per heavy atom. The van der Waals surface area contributed by atoms with Crippen LogP contribution in [0.1, 0.15) is 37.2 Å². The van der Waals surface area contributed by atoms with Crippen molar-refractivity contribution in [2.75, 3.05) is 20.3 Å². The number of rotatable bonds is 3. The topological polar surface area (TPSA) is 27.7 Å². The predicted molar refractivity (Wildman–Crippen MR) is 61.7 cm³/mol. The fraction of sp³-hybridized carbons (Fsp3) is 0.538. The molecule has 0 aromatic heterocycles. The standard InChI is InChI=1S/C13H18O3/c1-9(2)11-8-10(4-5-12(11)14-3)13-15-6-7-16-13/h4-5,8-9,13H,6-7H2,1-3H3. The maximum atomic E-state index is 5.48. The van der Waals surface area contributed by atoms with Gasteiger partial charge in [0.25, 0.3) is 0 Å². The van der Waals surface area contributed by atoms with Crippen molar-refractivity contribution in [2.45, 2.75) is 26.1 Å². The van der Waals surface area contributed by atoms with Gasteiger partial charge in [-0.3, -0.25) is 0 Å². The van der Waals surface area contributed by atoms with Gasteiger partial charge < -0.3 is 14.2 Å². The zero-order valence-corrected chi connectivity index (χ0v) is 10.0. The van der Waals surface area contributed by atoms with E-state index in [1.807, 2.05) is 12.1 Å². The number of hydrogen-bond donors (Lipinski definition) is 0. The molecular weight excluding hydrogens is 204 g/mol. The highest BCUT2D eigenvalue weighted by atomic mass is 16.7. The van der Waals surface area contributed by atoms with Crippen molar-refractivity contribution in [3.8, 4) is 5.75 Å². The lowest BCUT2D eigenvalue weighted by Crippen LogP contribution is -2.01. The van der Waals surface area contributed by atoms with Gasteiger partial charge in [-0.05, 0) is 23.6 Å². The Hall–Kier alpha value is -1.06. The van der Waals surface area contributed by atoms with Crippen LogP contribution in [0, 0.1) is 0 Å². The molecule has 1 aliphatic heterocycles. The van der Waals surface area contributed by atoms with E-state index in [0.717, 1.165) is 11.3 Å². The van der Waals surface area contributed by atoms with Crippen LogP contribution in [0.4, 0.5) is 0 Å². The van der Waals surface area contributed by atoms with Gasteiger partial charge in [-0.2, -0.15) is 0 Å². The molecule has 3 heteroatoms. The number of ether oxygens (including phenoxy) is 3. The summed E-state index contributed by atoms with van der Waals surface area (Å²) in [7, 11) is 1.70. The molecule has 1 saturated heterocycles. The maximum absolute atomic E-state index is 5.48. The van der Waals surface area contributed by atoms with E-state index in [2.05, 4.69) is 19.9 Å². The second-order valence-electron chi connectivity index (χ2n) is 4.23. The summed E-state index contributed by atoms with van der Waals surface area (Å²) in [5, 5.41) is 0. The van der Waals surface area contributed by atoms with Crippen molar-refractivity contribution >= 4 is 0 Å². The lowest BCUT2D eigenvalue weighted by Gasteiger charge is -2.16.